The molecular formula is C18H23N3O4S2. The van der Waals surface area contributed by atoms with Crippen LogP contribution in [-0.2, 0) is 14.8 Å². The number of anilines is 1. The van der Waals surface area contributed by atoms with Crippen molar-refractivity contribution in [2.45, 2.75) is 17.2 Å². The topological polar surface area (TPSA) is 79.0 Å². The normalized spacial score (nSPS) is 17.4. The summed E-state index contributed by atoms with van der Waals surface area (Å²) in [5.41, 5.74) is 0.621. The van der Waals surface area contributed by atoms with E-state index in [1.54, 1.807) is 36.8 Å². The average molecular weight is 410 g/mol. The molecule has 0 bridgehead atoms. The van der Waals surface area contributed by atoms with E-state index >= 15 is 0 Å². The van der Waals surface area contributed by atoms with Crippen LogP contribution in [0.4, 0.5) is 5.69 Å². The van der Waals surface area contributed by atoms with Gasteiger partial charge in [0.15, 0.2) is 0 Å². The van der Waals surface area contributed by atoms with Crippen molar-refractivity contribution in [3.8, 4) is 5.75 Å². The maximum Gasteiger partial charge on any atom is 0.252 e. The molecule has 146 valence electrons. The second-order valence-electron chi connectivity index (χ2n) is 6.24. The van der Waals surface area contributed by atoms with Gasteiger partial charge >= 0.3 is 0 Å². The first-order chi connectivity index (χ1) is 12.9. The third kappa shape index (κ3) is 4.32. The van der Waals surface area contributed by atoms with Crippen molar-refractivity contribution in [2.75, 3.05) is 38.6 Å². The number of ether oxygens (including phenoxy) is 1. The molecule has 9 heteroatoms. The highest BCUT2D eigenvalue weighted by atomic mass is 32.2. The maximum absolute atomic E-state index is 12.6. The quantitative estimate of drug-likeness (QED) is 0.790. The highest BCUT2D eigenvalue weighted by Gasteiger charge is 2.32. The molecule has 1 aromatic heterocycles. The van der Waals surface area contributed by atoms with Gasteiger partial charge < -0.3 is 10.1 Å². The van der Waals surface area contributed by atoms with Crippen molar-refractivity contribution in [2.24, 2.45) is 0 Å². The van der Waals surface area contributed by atoms with E-state index in [0.29, 0.717) is 41.8 Å². The molecular weight excluding hydrogens is 386 g/mol. The average Bonchev–Trinajstić information content (AvgIpc) is 3.23. The maximum atomic E-state index is 12.6. The van der Waals surface area contributed by atoms with Crippen LogP contribution in [0.3, 0.4) is 0 Å². The van der Waals surface area contributed by atoms with Gasteiger partial charge in [-0.3, -0.25) is 9.69 Å². The number of nitrogens with zero attached hydrogens (tertiary/aromatic N) is 2. The SMILES string of the molecule is COc1ccccc1NC(=O)[C@H](C)N1CCN(S(=O)(=O)c2cccs2)CC1. The van der Waals surface area contributed by atoms with Crippen molar-refractivity contribution in [1.82, 2.24) is 9.21 Å². The van der Waals surface area contributed by atoms with Gasteiger partial charge in [-0.05, 0) is 30.5 Å². The molecule has 1 aliphatic heterocycles. The van der Waals surface area contributed by atoms with E-state index in [2.05, 4.69) is 5.32 Å². The predicted molar refractivity (Wildman–Crippen MR) is 106 cm³/mol. The Morgan fingerprint density at radius 2 is 1.85 bits per heavy atom. The van der Waals surface area contributed by atoms with E-state index in [4.69, 9.17) is 4.74 Å². The van der Waals surface area contributed by atoms with E-state index in [1.165, 1.54) is 15.6 Å². The highest BCUT2D eigenvalue weighted by molar-refractivity contribution is 7.91. The van der Waals surface area contributed by atoms with E-state index < -0.39 is 10.0 Å². The number of carbonyl (C=O) groups is 1. The van der Waals surface area contributed by atoms with Crippen LogP contribution in [-0.4, -0.2) is 62.9 Å². The largest absolute Gasteiger partial charge is 0.495 e. The lowest BCUT2D eigenvalue weighted by molar-refractivity contribution is -0.121. The van der Waals surface area contributed by atoms with Crippen molar-refractivity contribution in [3.05, 3.63) is 41.8 Å². The van der Waals surface area contributed by atoms with Crippen LogP contribution in [0.15, 0.2) is 46.0 Å². The lowest BCUT2D eigenvalue weighted by atomic mass is 10.2. The molecule has 0 aliphatic carbocycles. The predicted octanol–water partition coefficient (Wildman–Crippen LogP) is 2.09. The number of hydrogen-bond donors (Lipinski definition) is 1. The molecule has 1 atom stereocenters. The number of thiophene rings is 1. The number of methoxy groups -OCH3 is 1. The van der Waals surface area contributed by atoms with Gasteiger partial charge in [-0.2, -0.15) is 4.31 Å². The molecule has 7 nitrogen and oxygen atoms in total. The Morgan fingerprint density at radius 1 is 1.15 bits per heavy atom. The Morgan fingerprint density at radius 3 is 2.48 bits per heavy atom. The molecule has 3 rings (SSSR count). The molecule has 0 unspecified atom stereocenters. The molecule has 1 fully saturated rings. The molecule has 0 radical (unpaired) electrons. The van der Waals surface area contributed by atoms with Crippen LogP contribution >= 0.6 is 11.3 Å². The third-order valence-electron chi connectivity index (χ3n) is 4.65. The van der Waals surface area contributed by atoms with Gasteiger partial charge in [0, 0.05) is 26.2 Å². The first-order valence-electron chi connectivity index (χ1n) is 8.65. The summed E-state index contributed by atoms with van der Waals surface area (Å²) in [6, 6.07) is 10.2. The van der Waals surface area contributed by atoms with Gasteiger partial charge in [0.1, 0.15) is 9.96 Å². The first kappa shape index (κ1) is 19.8. The standard InChI is InChI=1S/C18H23N3O4S2/c1-14(18(22)19-15-6-3-4-7-16(15)25-2)20-9-11-21(12-10-20)27(23,24)17-8-5-13-26-17/h3-8,13-14H,9-12H2,1-2H3,(H,19,22)/t14-/m0/s1. The van der Waals surface area contributed by atoms with Gasteiger partial charge in [-0.15, -0.1) is 11.3 Å². The smallest absolute Gasteiger partial charge is 0.252 e. The summed E-state index contributed by atoms with van der Waals surface area (Å²) in [4.78, 5) is 14.6. The number of amides is 1. The van der Waals surface area contributed by atoms with Crippen LogP contribution in [0.2, 0.25) is 0 Å². The number of nitrogens with one attached hydrogen (secondary N) is 1. The number of piperazine rings is 1. The van der Waals surface area contributed by atoms with Gasteiger partial charge in [0.25, 0.3) is 10.0 Å². The second-order valence-corrected chi connectivity index (χ2v) is 9.35. The summed E-state index contributed by atoms with van der Waals surface area (Å²) in [5.74, 6) is 0.457. The van der Waals surface area contributed by atoms with E-state index in [-0.39, 0.29) is 11.9 Å². The van der Waals surface area contributed by atoms with Crippen LogP contribution < -0.4 is 10.1 Å². The van der Waals surface area contributed by atoms with E-state index in [0.717, 1.165) is 0 Å². The summed E-state index contributed by atoms with van der Waals surface area (Å²) in [7, 11) is -1.88. The number of benzene rings is 1. The van der Waals surface area contributed by atoms with Crippen molar-refractivity contribution in [3.63, 3.8) is 0 Å². The Kier molecular flexibility index (Phi) is 6.15. The number of rotatable bonds is 6. The zero-order valence-corrected chi connectivity index (χ0v) is 16.9. The van der Waals surface area contributed by atoms with Crippen LogP contribution in [0.1, 0.15) is 6.92 Å². The number of hydrogen-bond acceptors (Lipinski definition) is 6. The zero-order valence-electron chi connectivity index (χ0n) is 15.3. The molecule has 0 spiro atoms. The summed E-state index contributed by atoms with van der Waals surface area (Å²) in [6.45, 7) is 3.57. The molecule has 2 aromatic rings. The fourth-order valence-corrected chi connectivity index (χ4v) is 5.59. The minimum Gasteiger partial charge on any atom is -0.495 e. The Balaban J connectivity index is 1.60. The third-order valence-corrected chi connectivity index (χ3v) is 7.93. The molecule has 1 aromatic carbocycles. The molecule has 27 heavy (non-hydrogen) atoms. The van der Waals surface area contributed by atoms with Gasteiger partial charge in [0.05, 0.1) is 18.8 Å². The van der Waals surface area contributed by atoms with Crippen LogP contribution in [0.25, 0.3) is 0 Å². The Labute approximate surface area is 163 Å². The van der Waals surface area contributed by atoms with Crippen molar-refractivity contribution < 1.29 is 17.9 Å². The molecule has 1 saturated heterocycles. The highest BCUT2D eigenvalue weighted by Crippen LogP contribution is 2.25. The van der Waals surface area contributed by atoms with Gasteiger partial charge in [-0.1, -0.05) is 18.2 Å². The van der Waals surface area contributed by atoms with Crippen molar-refractivity contribution >= 4 is 33.0 Å². The molecule has 2 heterocycles. The number of para-hydroxylation sites is 2. The molecule has 0 saturated carbocycles. The van der Waals surface area contributed by atoms with Crippen molar-refractivity contribution in [1.29, 1.82) is 0 Å². The lowest BCUT2D eigenvalue weighted by Crippen LogP contribution is -2.53. The minimum absolute atomic E-state index is 0.144. The van der Waals surface area contributed by atoms with E-state index in [1.807, 2.05) is 24.0 Å². The van der Waals surface area contributed by atoms with Crippen LogP contribution in [0.5, 0.6) is 5.75 Å². The molecule has 1 amide bonds. The monoisotopic (exact) mass is 409 g/mol. The fourth-order valence-electron chi connectivity index (χ4n) is 3.02. The zero-order chi connectivity index (χ0) is 19.4. The van der Waals surface area contributed by atoms with Gasteiger partial charge in [0.2, 0.25) is 5.91 Å². The number of sulfonamides is 1. The Hall–Kier alpha value is -1.94. The van der Waals surface area contributed by atoms with E-state index in [9.17, 15) is 13.2 Å². The summed E-state index contributed by atoms with van der Waals surface area (Å²) < 4.78 is 32.3. The Bertz CT molecular complexity index is 876. The first-order valence-corrected chi connectivity index (χ1v) is 11.0. The fraction of sp³-hybridized carbons (Fsp3) is 0.389. The second kappa shape index (κ2) is 8.39. The summed E-state index contributed by atoms with van der Waals surface area (Å²) >= 11 is 1.22. The van der Waals surface area contributed by atoms with Crippen LogP contribution in [0, 0.1) is 0 Å². The van der Waals surface area contributed by atoms with Gasteiger partial charge in [-0.25, -0.2) is 8.42 Å². The molecule has 1 N–H and O–H groups in total. The summed E-state index contributed by atoms with van der Waals surface area (Å²) in [6.07, 6.45) is 0. The number of carbonyl (C=O) groups excluding carboxylic acids is 1. The lowest BCUT2D eigenvalue weighted by Gasteiger charge is -2.36. The molecule has 1 aliphatic rings. The minimum atomic E-state index is -3.44. The summed E-state index contributed by atoms with van der Waals surface area (Å²) in [5, 5.41) is 4.64.